The summed E-state index contributed by atoms with van der Waals surface area (Å²) in [5, 5.41) is 10.9. The monoisotopic (exact) mass is 434 g/mol. The summed E-state index contributed by atoms with van der Waals surface area (Å²) in [6.45, 7) is 1.53. The second kappa shape index (κ2) is 6.58. The first-order chi connectivity index (χ1) is 12.2. The number of fused-ring (bicyclic) bond motifs is 1. The Balaban J connectivity index is 2.20. The number of nitro benzene ring substituents is 1. The van der Waals surface area contributed by atoms with Crippen molar-refractivity contribution in [3.05, 3.63) is 79.8 Å². The van der Waals surface area contributed by atoms with E-state index in [0.717, 1.165) is 6.07 Å². The molecule has 0 atom stereocenters. The van der Waals surface area contributed by atoms with Crippen molar-refractivity contribution in [2.24, 2.45) is 4.40 Å². The Labute approximate surface area is 157 Å². The molecular weight excluding hydrogens is 424 g/mol. The van der Waals surface area contributed by atoms with Gasteiger partial charge in [-0.3, -0.25) is 14.9 Å². The summed E-state index contributed by atoms with van der Waals surface area (Å²) in [4.78, 5) is 22.2. The van der Waals surface area contributed by atoms with E-state index in [1.807, 2.05) is 0 Å². The van der Waals surface area contributed by atoms with Crippen LogP contribution in [-0.4, -0.2) is 24.8 Å². The minimum Gasteiger partial charge on any atom is -0.288 e. The van der Waals surface area contributed by atoms with Gasteiger partial charge in [0.1, 0.15) is 0 Å². The lowest BCUT2D eigenvalue weighted by atomic mass is 9.94. The van der Waals surface area contributed by atoms with E-state index in [-0.39, 0.29) is 26.6 Å². The van der Waals surface area contributed by atoms with E-state index in [2.05, 4.69) is 20.3 Å². The van der Waals surface area contributed by atoms with Crippen molar-refractivity contribution in [1.29, 1.82) is 0 Å². The van der Waals surface area contributed by atoms with E-state index in [9.17, 15) is 23.3 Å². The van der Waals surface area contributed by atoms with Crippen LogP contribution in [0.2, 0.25) is 0 Å². The summed E-state index contributed by atoms with van der Waals surface area (Å²) in [5.74, 6) is -0.275. The Bertz CT molecular complexity index is 1120. The van der Waals surface area contributed by atoms with E-state index >= 15 is 0 Å². The molecule has 3 rings (SSSR count). The molecule has 0 heterocycles. The van der Waals surface area contributed by atoms with Gasteiger partial charge in [-0.15, -0.1) is 0 Å². The summed E-state index contributed by atoms with van der Waals surface area (Å²) in [7, 11) is -4.22. The summed E-state index contributed by atoms with van der Waals surface area (Å²) < 4.78 is 29.5. The van der Waals surface area contributed by atoms with Crippen LogP contribution in [0.4, 0.5) is 5.69 Å². The highest BCUT2D eigenvalue weighted by molar-refractivity contribution is 9.12. The van der Waals surface area contributed by atoms with Crippen LogP contribution in [0.1, 0.15) is 21.5 Å². The predicted octanol–water partition coefficient (Wildman–Crippen LogP) is 3.56. The number of ketones is 1. The second-order valence-electron chi connectivity index (χ2n) is 5.53. The number of nitro groups is 1. The molecule has 0 N–H and O–H groups in total. The third-order valence-electron chi connectivity index (χ3n) is 3.81. The van der Waals surface area contributed by atoms with Crippen LogP contribution in [0.5, 0.6) is 0 Å². The maximum atomic E-state index is 12.8. The summed E-state index contributed by atoms with van der Waals surface area (Å²) >= 11 is 3.12. The topological polar surface area (TPSA) is 107 Å². The molecular formula is C17H11BrN2O5S. The number of hydrogen-bond donors (Lipinski definition) is 0. The number of hydrogen-bond acceptors (Lipinski definition) is 5. The molecule has 0 spiro atoms. The quantitative estimate of drug-likeness (QED) is 0.541. The number of halogens is 1. The largest absolute Gasteiger partial charge is 0.288 e. The Morgan fingerprint density at radius 2 is 1.77 bits per heavy atom. The number of nitrogens with zero attached hydrogens (tertiary/aromatic N) is 2. The van der Waals surface area contributed by atoms with Crippen molar-refractivity contribution < 1.29 is 18.1 Å². The number of Topliss-reactive ketones (excluding diaryl/α,β-unsaturated/α-hetero) is 1. The van der Waals surface area contributed by atoms with Crippen molar-refractivity contribution in [3.8, 4) is 0 Å². The molecule has 0 saturated carbocycles. The zero-order valence-corrected chi connectivity index (χ0v) is 15.7. The summed E-state index contributed by atoms with van der Waals surface area (Å²) in [5.41, 5.74) is 0.783. The lowest BCUT2D eigenvalue weighted by Crippen LogP contribution is -2.16. The van der Waals surface area contributed by atoms with Gasteiger partial charge in [-0.2, -0.15) is 12.8 Å². The number of benzene rings is 2. The fourth-order valence-corrected chi connectivity index (χ4v) is 4.21. The minimum atomic E-state index is -4.22. The molecule has 0 fully saturated rings. The number of rotatable bonds is 3. The molecule has 2 aromatic rings. The number of carbonyl (C=O) groups excluding carboxylic acids is 1. The van der Waals surface area contributed by atoms with Crippen LogP contribution in [0, 0.1) is 17.0 Å². The molecule has 0 aromatic heterocycles. The molecule has 0 aliphatic heterocycles. The van der Waals surface area contributed by atoms with Crippen LogP contribution < -0.4 is 0 Å². The van der Waals surface area contributed by atoms with Gasteiger partial charge in [0.05, 0.1) is 20.0 Å². The van der Waals surface area contributed by atoms with Crippen LogP contribution in [-0.2, 0) is 10.0 Å². The Morgan fingerprint density at radius 1 is 1.12 bits per heavy atom. The zero-order chi connectivity index (χ0) is 19.1. The molecule has 2 aromatic carbocycles. The molecule has 132 valence electrons. The lowest BCUT2D eigenvalue weighted by Gasteiger charge is -2.14. The molecule has 7 nitrogen and oxygen atoms in total. The first-order valence-electron chi connectivity index (χ1n) is 7.32. The van der Waals surface area contributed by atoms with Crippen molar-refractivity contribution in [2.45, 2.75) is 11.8 Å². The van der Waals surface area contributed by atoms with Crippen molar-refractivity contribution in [3.63, 3.8) is 0 Å². The highest BCUT2D eigenvalue weighted by Crippen LogP contribution is 2.28. The molecule has 0 saturated heterocycles. The molecule has 26 heavy (non-hydrogen) atoms. The van der Waals surface area contributed by atoms with Gasteiger partial charge in [0.15, 0.2) is 0 Å². The average Bonchev–Trinajstić information content (AvgIpc) is 2.59. The van der Waals surface area contributed by atoms with Crippen LogP contribution in [0.25, 0.3) is 0 Å². The van der Waals surface area contributed by atoms with Crippen molar-refractivity contribution in [2.75, 3.05) is 0 Å². The van der Waals surface area contributed by atoms with Crippen molar-refractivity contribution >= 4 is 43.1 Å². The number of non-ortho nitro benzene ring substituents is 1. The SMILES string of the molecule is Cc1ccc([N+](=O)[O-])cc1S(=O)(=O)N=C1C=C(Br)C(=O)c2ccccc21. The van der Waals surface area contributed by atoms with Gasteiger partial charge in [0.25, 0.3) is 15.7 Å². The maximum absolute atomic E-state index is 12.8. The van der Waals surface area contributed by atoms with E-state index in [4.69, 9.17) is 0 Å². The van der Waals surface area contributed by atoms with Gasteiger partial charge >= 0.3 is 0 Å². The lowest BCUT2D eigenvalue weighted by molar-refractivity contribution is -0.385. The van der Waals surface area contributed by atoms with Gasteiger partial charge < -0.3 is 0 Å². The van der Waals surface area contributed by atoms with Crippen molar-refractivity contribution in [1.82, 2.24) is 0 Å². The Morgan fingerprint density at radius 3 is 2.42 bits per heavy atom. The van der Waals surface area contributed by atoms with Gasteiger partial charge in [-0.1, -0.05) is 30.3 Å². The average molecular weight is 435 g/mol. The molecule has 0 amide bonds. The third kappa shape index (κ3) is 3.23. The first kappa shape index (κ1) is 18.2. The highest BCUT2D eigenvalue weighted by Gasteiger charge is 2.26. The predicted molar refractivity (Wildman–Crippen MR) is 99.3 cm³/mol. The highest BCUT2D eigenvalue weighted by atomic mass is 79.9. The van der Waals surface area contributed by atoms with E-state index < -0.39 is 14.9 Å². The van der Waals surface area contributed by atoms with E-state index in [0.29, 0.717) is 16.7 Å². The molecule has 1 aliphatic rings. The van der Waals surface area contributed by atoms with Crippen LogP contribution in [0.3, 0.4) is 0 Å². The molecule has 0 bridgehead atoms. The standard InChI is InChI=1S/C17H11BrN2O5S/c1-10-6-7-11(20(22)23)8-16(10)26(24,25)19-15-9-14(18)17(21)13-5-3-2-4-12(13)15/h2-9H,1H3. The normalized spacial score (nSPS) is 15.5. The van der Waals surface area contributed by atoms with Gasteiger partial charge in [-0.25, -0.2) is 0 Å². The molecule has 0 unspecified atom stereocenters. The minimum absolute atomic E-state index is 0.0815. The van der Waals surface area contributed by atoms with Gasteiger partial charge in [0, 0.05) is 23.3 Å². The molecule has 9 heteroatoms. The van der Waals surface area contributed by atoms with Crippen LogP contribution in [0.15, 0.2) is 62.3 Å². The van der Waals surface area contributed by atoms with E-state index in [1.165, 1.54) is 25.1 Å². The van der Waals surface area contributed by atoms with Crippen LogP contribution >= 0.6 is 15.9 Å². The number of sulfonamides is 1. The smallest absolute Gasteiger partial charge is 0.283 e. The summed E-state index contributed by atoms with van der Waals surface area (Å²) in [6, 6.07) is 10.1. The first-order valence-corrected chi connectivity index (χ1v) is 9.55. The second-order valence-corrected chi connectivity index (χ2v) is 7.95. The number of carbonyl (C=O) groups is 1. The van der Waals surface area contributed by atoms with Gasteiger partial charge in [-0.05, 0) is 34.5 Å². The van der Waals surface area contributed by atoms with Gasteiger partial charge in [0.2, 0.25) is 5.78 Å². The number of aryl methyl sites for hydroxylation is 1. The van der Waals surface area contributed by atoms with E-state index in [1.54, 1.807) is 24.3 Å². The zero-order valence-electron chi connectivity index (χ0n) is 13.3. The molecule has 1 aliphatic carbocycles. The third-order valence-corrected chi connectivity index (χ3v) is 5.83. The molecule has 0 radical (unpaired) electrons. The fourth-order valence-electron chi connectivity index (χ4n) is 2.53. The maximum Gasteiger partial charge on any atom is 0.283 e. The summed E-state index contributed by atoms with van der Waals surface area (Å²) in [6.07, 6.45) is 1.33. The Kier molecular flexibility index (Phi) is 4.59. The number of allylic oxidation sites excluding steroid dienone is 2. The Hall–Kier alpha value is -2.65. The fraction of sp³-hybridized carbons (Fsp3) is 0.0588.